The second kappa shape index (κ2) is 7.79. The summed E-state index contributed by atoms with van der Waals surface area (Å²) in [4.78, 5) is 26.0. The number of likely N-dealkylation sites (tertiary alicyclic amines) is 1. The van der Waals surface area contributed by atoms with E-state index in [-0.39, 0.29) is 29.9 Å². The fraction of sp³-hybridized carbons (Fsp3) is 0.579. The summed E-state index contributed by atoms with van der Waals surface area (Å²) in [6.45, 7) is 7.60. The van der Waals surface area contributed by atoms with Crippen LogP contribution in [-0.4, -0.2) is 41.0 Å². The highest BCUT2D eigenvalue weighted by Crippen LogP contribution is 2.22. The van der Waals surface area contributed by atoms with Crippen molar-refractivity contribution in [3.8, 4) is 0 Å². The van der Waals surface area contributed by atoms with Gasteiger partial charge in [0.1, 0.15) is 0 Å². The van der Waals surface area contributed by atoms with Crippen molar-refractivity contribution in [2.45, 2.75) is 52.6 Å². The van der Waals surface area contributed by atoms with Crippen molar-refractivity contribution in [3.63, 3.8) is 0 Å². The van der Waals surface area contributed by atoms with Crippen molar-refractivity contribution in [1.82, 2.24) is 10.2 Å². The van der Waals surface area contributed by atoms with Crippen LogP contribution < -0.4 is 5.32 Å². The van der Waals surface area contributed by atoms with Gasteiger partial charge in [0.05, 0.1) is 0 Å². The molecule has 0 bridgehead atoms. The van der Waals surface area contributed by atoms with E-state index in [0.717, 1.165) is 18.5 Å². The van der Waals surface area contributed by atoms with E-state index in [1.54, 1.807) is 12.1 Å². The molecule has 1 aliphatic rings. The number of nitrogens with one attached hydrogen (secondary N) is 1. The zero-order chi connectivity index (χ0) is 17.7. The van der Waals surface area contributed by atoms with Gasteiger partial charge in [-0.15, -0.1) is 0 Å². The molecule has 1 fully saturated rings. The van der Waals surface area contributed by atoms with E-state index in [9.17, 15) is 14.7 Å². The van der Waals surface area contributed by atoms with Crippen molar-refractivity contribution in [1.29, 1.82) is 0 Å². The van der Waals surface area contributed by atoms with Crippen molar-refractivity contribution in [3.05, 3.63) is 35.4 Å². The summed E-state index contributed by atoms with van der Waals surface area (Å²) in [7, 11) is 0. The van der Waals surface area contributed by atoms with Gasteiger partial charge in [-0.1, -0.05) is 32.9 Å². The Morgan fingerprint density at radius 2 is 1.96 bits per heavy atom. The first-order chi connectivity index (χ1) is 11.3. The Bertz CT molecular complexity index is 575. The summed E-state index contributed by atoms with van der Waals surface area (Å²) in [5.74, 6) is 0.0704. The van der Waals surface area contributed by atoms with E-state index in [1.165, 1.54) is 0 Å². The molecule has 2 rings (SSSR count). The van der Waals surface area contributed by atoms with Crippen LogP contribution in [0, 0.1) is 5.41 Å². The Hall–Kier alpha value is -1.88. The minimum Gasteiger partial charge on any atom is -0.396 e. The molecule has 1 atom stereocenters. The number of hydrogen-bond donors (Lipinski definition) is 2. The lowest BCUT2D eigenvalue weighted by atomic mass is 9.84. The van der Waals surface area contributed by atoms with E-state index in [1.807, 2.05) is 37.8 Å². The van der Waals surface area contributed by atoms with Crippen LogP contribution in [-0.2, 0) is 11.3 Å². The van der Waals surface area contributed by atoms with Gasteiger partial charge in [0, 0.05) is 37.7 Å². The smallest absolute Gasteiger partial charge is 0.251 e. The molecule has 0 aromatic heterocycles. The molecular weight excluding hydrogens is 304 g/mol. The van der Waals surface area contributed by atoms with Crippen molar-refractivity contribution >= 4 is 11.8 Å². The summed E-state index contributed by atoms with van der Waals surface area (Å²) in [5, 5.41) is 12.2. The minimum absolute atomic E-state index is 0.0466. The predicted molar refractivity (Wildman–Crippen MR) is 93.5 cm³/mol. The van der Waals surface area contributed by atoms with Gasteiger partial charge in [-0.3, -0.25) is 9.59 Å². The number of amides is 2. The van der Waals surface area contributed by atoms with Gasteiger partial charge >= 0.3 is 0 Å². The van der Waals surface area contributed by atoms with Crippen LogP contribution in [0.1, 0.15) is 56.0 Å². The van der Waals surface area contributed by atoms with E-state index in [4.69, 9.17) is 0 Å². The van der Waals surface area contributed by atoms with Gasteiger partial charge in [-0.25, -0.2) is 0 Å². The normalized spacial score (nSPS) is 16.3. The first-order valence-corrected chi connectivity index (χ1v) is 8.59. The molecular formula is C19H28N2O3. The van der Waals surface area contributed by atoms with Crippen LogP contribution in [0.5, 0.6) is 0 Å². The van der Waals surface area contributed by atoms with E-state index in [2.05, 4.69) is 5.32 Å². The van der Waals surface area contributed by atoms with Gasteiger partial charge in [-0.05, 0) is 36.0 Å². The molecule has 1 unspecified atom stereocenters. The monoisotopic (exact) mass is 332 g/mol. The standard InChI is InChI=1S/C19H28N2O3/c1-19(2,3)16(10-12-22)20-18(24)15-8-6-14(7-9-15)13-21-11-4-5-17(21)23/h6-9,16,22H,4-5,10-13H2,1-3H3,(H,20,24). The maximum absolute atomic E-state index is 12.4. The number of aliphatic hydroxyl groups is 1. The Labute approximate surface area is 144 Å². The van der Waals surface area contributed by atoms with Crippen molar-refractivity contribution in [2.75, 3.05) is 13.2 Å². The SMILES string of the molecule is CC(C)(C)C(CCO)NC(=O)c1ccc(CN2CCCC2=O)cc1. The molecule has 5 nitrogen and oxygen atoms in total. The van der Waals surface area contributed by atoms with Crippen LogP contribution >= 0.6 is 0 Å². The highest BCUT2D eigenvalue weighted by molar-refractivity contribution is 5.94. The topological polar surface area (TPSA) is 69.6 Å². The van der Waals surface area contributed by atoms with Crippen molar-refractivity contribution < 1.29 is 14.7 Å². The third-order valence-corrected chi connectivity index (χ3v) is 4.53. The molecule has 0 radical (unpaired) electrons. The summed E-state index contributed by atoms with van der Waals surface area (Å²) in [6.07, 6.45) is 2.10. The molecule has 0 spiro atoms. The van der Waals surface area contributed by atoms with Crippen LogP contribution in [0.2, 0.25) is 0 Å². The van der Waals surface area contributed by atoms with E-state index in [0.29, 0.717) is 24.9 Å². The third-order valence-electron chi connectivity index (χ3n) is 4.53. The van der Waals surface area contributed by atoms with Crippen LogP contribution in [0.15, 0.2) is 24.3 Å². The Morgan fingerprint density at radius 3 is 2.46 bits per heavy atom. The fourth-order valence-electron chi connectivity index (χ4n) is 2.95. The van der Waals surface area contributed by atoms with Crippen LogP contribution in [0.4, 0.5) is 0 Å². The number of aliphatic hydroxyl groups excluding tert-OH is 1. The molecule has 1 heterocycles. The summed E-state index contributed by atoms with van der Waals surface area (Å²) in [5.41, 5.74) is 1.51. The van der Waals surface area contributed by atoms with Gasteiger partial charge in [0.2, 0.25) is 5.91 Å². The molecule has 5 heteroatoms. The maximum atomic E-state index is 12.4. The molecule has 1 aromatic rings. The number of carbonyl (C=O) groups is 2. The highest BCUT2D eigenvalue weighted by Gasteiger charge is 2.26. The predicted octanol–water partition coefficient (Wildman–Crippen LogP) is 2.34. The maximum Gasteiger partial charge on any atom is 0.251 e. The molecule has 132 valence electrons. The average Bonchev–Trinajstić information content (AvgIpc) is 2.92. The van der Waals surface area contributed by atoms with Gasteiger partial charge in [0.15, 0.2) is 0 Å². The number of benzene rings is 1. The molecule has 2 amide bonds. The van der Waals surface area contributed by atoms with Crippen LogP contribution in [0.25, 0.3) is 0 Å². The lowest BCUT2D eigenvalue weighted by Crippen LogP contribution is -2.44. The Balaban J connectivity index is 1.98. The van der Waals surface area contributed by atoms with Crippen LogP contribution in [0.3, 0.4) is 0 Å². The largest absolute Gasteiger partial charge is 0.396 e. The van der Waals surface area contributed by atoms with Gasteiger partial charge in [0.25, 0.3) is 5.91 Å². The molecule has 24 heavy (non-hydrogen) atoms. The zero-order valence-electron chi connectivity index (χ0n) is 14.8. The first kappa shape index (κ1) is 18.5. The number of nitrogens with zero attached hydrogens (tertiary/aromatic N) is 1. The molecule has 0 aliphatic carbocycles. The quantitative estimate of drug-likeness (QED) is 0.840. The second-order valence-corrected chi connectivity index (χ2v) is 7.52. The number of hydrogen-bond acceptors (Lipinski definition) is 3. The number of carbonyl (C=O) groups excluding carboxylic acids is 2. The molecule has 1 aliphatic heterocycles. The molecule has 1 aromatic carbocycles. The lowest BCUT2D eigenvalue weighted by Gasteiger charge is -2.31. The van der Waals surface area contributed by atoms with E-state index < -0.39 is 0 Å². The van der Waals surface area contributed by atoms with Gasteiger partial charge < -0.3 is 15.3 Å². The Kier molecular flexibility index (Phi) is 5.99. The Morgan fingerprint density at radius 1 is 1.29 bits per heavy atom. The lowest BCUT2D eigenvalue weighted by molar-refractivity contribution is -0.128. The summed E-state index contributed by atoms with van der Waals surface area (Å²) >= 11 is 0. The van der Waals surface area contributed by atoms with E-state index >= 15 is 0 Å². The number of rotatable bonds is 6. The van der Waals surface area contributed by atoms with Gasteiger partial charge in [-0.2, -0.15) is 0 Å². The summed E-state index contributed by atoms with van der Waals surface area (Å²) in [6, 6.07) is 7.31. The van der Waals surface area contributed by atoms with Crippen molar-refractivity contribution in [2.24, 2.45) is 5.41 Å². The zero-order valence-corrected chi connectivity index (χ0v) is 14.8. The molecule has 1 saturated heterocycles. The second-order valence-electron chi connectivity index (χ2n) is 7.52. The minimum atomic E-state index is -0.132. The molecule has 0 saturated carbocycles. The molecule has 2 N–H and O–H groups in total. The third kappa shape index (κ3) is 4.81. The fourth-order valence-corrected chi connectivity index (χ4v) is 2.95. The first-order valence-electron chi connectivity index (χ1n) is 8.59. The average molecular weight is 332 g/mol. The highest BCUT2D eigenvalue weighted by atomic mass is 16.3. The summed E-state index contributed by atoms with van der Waals surface area (Å²) < 4.78 is 0.